The Bertz CT molecular complexity index is 652. The Morgan fingerprint density at radius 3 is 2.67 bits per heavy atom. The lowest BCUT2D eigenvalue weighted by Gasteiger charge is -2.06. The van der Waals surface area contributed by atoms with Crippen LogP contribution in [0.15, 0.2) is 41.4 Å². The second-order valence-electron chi connectivity index (χ2n) is 3.65. The summed E-state index contributed by atoms with van der Waals surface area (Å²) in [5.41, 5.74) is 5.87. The lowest BCUT2D eigenvalue weighted by Crippen LogP contribution is -2.13. The van der Waals surface area contributed by atoms with Gasteiger partial charge in [0.25, 0.3) is 10.0 Å². The molecule has 0 spiro atoms. The number of halogens is 1. The highest BCUT2D eigenvalue weighted by Crippen LogP contribution is 2.19. The van der Waals surface area contributed by atoms with Crippen molar-refractivity contribution < 1.29 is 12.8 Å². The van der Waals surface area contributed by atoms with Crippen LogP contribution in [0, 0.1) is 5.82 Å². The SMILES string of the molecule is NCc1cc(S(=O)(=O)Nc2ccccc2F)c[nH]1. The van der Waals surface area contributed by atoms with Gasteiger partial charge in [-0.3, -0.25) is 4.72 Å². The van der Waals surface area contributed by atoms with E-state index < -0.39 is 15.8 Å². The molecule has 1 aromatic carbocycles. The lowest BCUT2D eigenvalue weighted by molar-refractivity contribution is 0.598. The Morgan fingerprint density at radius 2 is 2.06 bits per heavy atom. The topological polar surface area (TPSA) is 88.0 Å². The number of H-pyrrole nitrogens is 1. The second kappa shape index (κ2) is 4.79. The van der Waals surface area contributed by atoms with Gasteiger partial charge < -0.3 is 10.7 Å². The molecule has 1 aromatic heterocycles. The molecule has 5 nitrogen and oxygen atoms in total. The van der Waals surface area contributed by atoms with Crippen LogP contribution in [0.3, 0.4) is 0 Å². The number of nitrogens with two attached hydrogens (primary N) is 1. The molecule has 0 bridgehead atoms. The van der Waals surface area contributed by atoms with Crippen LogP contribution in [0.2, 0.25) is 0 Å². The van der Waals surface area contributed by atoms with Crippen molar-refractivity contribution in [3.05, 3.63) is 48.0 Å². The lowest BCUT2D eigenvalue weighted by atomic mass is 10.3. The van der Waals surface area contributed by atoms with Gasteiger partial charge in [-0.05, 0) is 18.2 Å². The number of anilines is 1. The number of para-hydroxylation sites is 1. The van der Waals surface area contributed by atoms with Crippen LogP contribution in [-0.4, -0.2) is 13.4 Å². The first-order valence-electron chi connectivity index (χ1n) is 5.17. The molecule has 0 aliphatic carbocycles. The van der Waals surface area contributed by atoms with E-state index in [1.807, 2.05) is 0 Å². The third-order valence-electron chi connectivity index (χ3n) is 2.36. The number of sulfonamides is 1. The Balaban J connectivity index is 2.30. The van der Waals surface area contributed by atoms with E-state index in [0.717, 1.165) is 0 Å². The third kappa shape index (κ3) is 2.52. The summed E-state index contributed by atoms with van der Waals surface area (Å²) in [6.45, 7) is 0.204. The van der Waals surface area contributed by atoms with Crippen molar-refractivity contribution in [1.29, 1.82) is 0 Å². The van der Waals surface area contributed by atoms with Gasteiger partial charge in [-0.15, -0.1) is 0 Å². The normalized spacial score (nSPS) is 11.4. The molecule has 0 atom stereocenters. The average Bonchev–Trinajstić information content (AvgIpc) is 2.81. The van der Waals surface area contributed by atoms with E-state index in [0.29, 0.717) is 5.69 Å². The predicted molar refractivity (Wildman–Crippen MR) is 65.9 cm³/mol. The van der Waals surface area contributed by atoms with Crippen LogP contribution in [0.5, 0.6) is 0 Å². The van der Waals surface area contributed by atoms with Gasteiger partial charge in [0.05, 0.1) is 5.69 Å². The van der Waals surface area contributed by atoms with E-state index in [1.165, 1.54) is 30.5 Å². The molecule has 96 valence electrons. The zero-order valence-corrected chi connectivity index (χ0v) is 10.2. The number of aromatic amines is 1. The first kappa shape index (κ1) is 12.6. The molecule has 2 aromatic rings. The van der Waals surface area contributed by atoms with E-state index >= 15 is 0 Å². The number of rotatable bonds is 4. The molecule has 4 N–H and O–H groups in total. The maximum absolute atomic E-state index is 13.4. The number of hydrogen-bond donors (Lipinski definition) is 3. The first-order valence-corrected chi connectivity index (χ1v) is 6.66. The van der Waals surface area contributed by atoms with Crippen molar-refractivity contribution >= 4 is 15.7 Å². The van der Waals surface area contributed by atoms with E-state index in [-0.39, 0.29) is 17.1 Å². The second-order valence-corrected chi connectivity index (χ2v) is 5.33. The summed E-state index contributed by atoms with van der Waals surface area (Å²) in [5, 5.41) is 0. The summed E-state index contributed by atoms with van der Waals surface area (Å²) in [4.78, 5) is 2.74. The summed E-state index contributed by atoms with van der Waals surface area (Å²) >= 11 is 0. The summed E-state index contributed by atoms with van der Waals surface area (Å²) in [5.74, 6) is -0.629. The molecule has 18 heavy (non-hydrogen) atoms. The minimum absolute atomic E-state index is 0.0196. The van der Waals surface area contributed by atoms with Gasteiger partial charge >= 0.3 is 0 Å². The number of aromatic nitrogens is 1. The van der Waals surface area contributed by atoms with Crippen LogP contribution < -0.4 is 10.5 Å². The average molecular weight is 269 g/mol. The highest BCUT2D eigenvalue weighted by atomic mass is 32.2. The van der Waals surface area contributed by atoms with Gasteiger partial charge in [-0.25, -0.2) is 12.8 Å². The quantitative estimate of drug-likeness (QED) is 0.784. The van der Waals surface area contributed by atoms with E-state index in [2.05, 4.69) is 9.71 Å². The minimum atomic E-state index is -3.80. The maximum atomic E-state index is 13.4. The van der Waals surface area contributed by atoms with E-state index in [9.17, 15) is 12.8 Å². The van der Waals surface area contributed by atoms with E-state index in [1.54, 1.807) is 6.07 Å². The highest BCUT2D eigenvalue weighted by Gasteiger charge is 2.17. The van der Waals surface area contributed by atoms with Gasteiger partial charge in [0.1, 0.15) is 10.7 Å². The Hall–Kier alpha value is -1.86. The molecular formula is C11H12FN3O2S. The zero-order chi connectivity index (χ0) is 13.2. The highest BCUT2D eigenvalue weighted by molar-refractivity contribution is 7.92. The van der Waals surface area contributed by atoms with Crippen molar-refractivity contribution in [2.75, 3.05) is 4.72 Å². The fraction of sp³-hybridized carbons (Fsp3) is 0.0909. The van der Waals surface area contributed by atoms with Crippen LogP contribution in [-0.2, 0) is 16.6 Å². The summed E-state index contributed by atoms with van der Waals surface area (Å²) < 4.78 is 39.4. The molecule has 0 saturated heterocycles. The molecule has 2 rings (SSSR count). The molecule has 0 amide bonds. The van der Waals surface area contributed by atoms with Crippen molar-refractivity contribution in [3.8, 4) is 0 Å². The van der Waals surface area contributed by atoms with Gasteiger partial charge in [-0.1, -0.05) is 12.1 Å². The molecule has 7 heteroatoms. The van der Waals surface area contributed by atoms with Gasteiger partial charge in [0.15, 0.2) is 0 Å². The van der Waals surface area contributed by atoms with Crippen molar-refractivity contribution in [2.45, 2.75) is 11.4 Å². The van der Waals surface area contributed by atoms with Gasteiger partial charge in [0, 0.05) is 18.4 Å². The van der Waals surface area contributed by atoms with Crippen LogP contribution >= 0.6 is 0 Å². The van der Waals surface area contributed by atoms with Crippen molar-refractivity contribution in [2.24, 2.45) is 5.73 Å². The van der Waals surface area contributed by atoms with Crippen LogP contribution in [0.25, 0.3) is 0 Å². The largest absolute Gasteiger partial charge is 0.363 e. The van der Waals surface area contributed by atoms with Gasteiger partial charge in [-0.2, -0.15) is 0 Å². The number of nitrogens with one attached hydrogen (secondary N) is 2. The third-order valence-corrected chi connectivity index (χ3v) is 3.71. The Kier molecular flexibility index (Phi) is 3.35. The van der Waals surface area contributed by atoms with Crippen molar-refractivity contribution in [1.82, 2.24) is 4.98 Å². The predicted octanol–water partition coefficient (Wildman–Crippen LogP) is 1.41. The molecule has 0 fully saturated rings. The molecule has 1 heterocycles. The fourth-order valence-corrected chi connectivity index (χ4v) is 2.52. The fourth-order valence-electron chi connectivity index (χ4n) is 1.44. The summed E-state index contributed by atoms with van der Waals surface area (Å²) in [7, 11) is -3.80. The molecular weight excluding hydrogens is 257 g/mol. The maximum Gasteiger partial charge on any atom is 0.263 e. The smallest absolute Gasteiger partial charge is 0.263 e. The number of benzene rings is 1. The van der Waals surface area contributed by atoms with Crippen LogP contribution in [0.1, 0.15) is 5.69 Å². The molecule has 0 radical (unpaired) electrons. The molecule has 0 unspecified atom stereocenters. The van der Waals surface area contributed by atoms with Crippen molar-refractivity contribution in [3.63, 3.8) is 0 Å². The number of hydrogen-bond acceptors (Lipinski definition) is 3. The molecule has 0 saturated carbocycles. The van der Waals surface area contributed by atoms with Crippen LogP contribution in [0.4, 0.5) is 10.1 Å². The Morgan fingerprint density at radius 1 is 1.33 bits per heavy atom. The van der Waals surface area contributed by atoms with Gasteiger partial charge in [0.2, 0.25) is 0 Å². The monoisotopic (exact) mass is 269 g/mol. The summed E-state index contributed by atoms with van der Waals surface area (Å²) in [6.07, 6.45) is 1.31. The standard InChI is InChI=1S/C11H12FN3O2S/c12-10-3-1-2-4-11(10)15-18(16,17)9-5-8(6-13)14-7-9/h1-5,7,14-15H,6,13H2. The minimum Gasteiger partial charge on any atom is -0.363 e. The zero-order valence-electron chi connectivity index (χ0n) is 9.35. The molecule has 0 aliphatic rings. The summed E-state index contributed by atoms with van der Waals surface area (Å²) in [6, 6.07) is 6.96. The Labute approximate surface area is 104 Å². The van der Waals surface area contributed by atoms with E-state index in [4.69, 9.17) is 5.73 Å². The first-order chi connectivity index (χ1) is 8.53. The molecule has 0 aliphatic heterocycles.